The van der Waals surface area contributed by atoms with E-state index in [-0.39, 0.29) is 10.9 Å². The van der Waals surface area contributed by atoms with Crippen molar-refractivity contribution in [3.8, 4) is 0 Å². The maximum absolute atomic E-state index is 12.3. The van der Waals surface area contributed by atoms with Crippen LogP contribution in [0.25, 0.3) is 0 Å². The Bertz CT molecular complexity index is 654. The predicted molar refractivity (Wildman–Crippen MR) is 83.9 cm³/mol. The molecule has 0 radical (unpaired) electrons. The van der Waals surface area contributed by atoms with Gasteiger partial charge in [-0.15, -0.1) is 0 Å². The SMILES string of the molecule is CCC(NS(=O)(=O)c1ccccc1)c1ccc(Br)cc1. The van der Waals surface area contributed by atoms with E-state index in [1.165, 1.54) is 0 Å². The second kappa shape index (κ2) is 6.52. The molecule has 0 spiro atoms. The molecule has 20 heavy (non-hydrogen) atoms. The molecule has 0 aromatic heterocycles. The highest BCUT2D eigenvalue weighted by Gasteiger charge is 2.19. The van der Waals surface area contributed by atoms with E-state index in [1.54, 1.807) is 30.3 Å². The largest absolute Gasteiger partial charge is 0.241 e. The topological polar surface area (TPSA) is 46.2 Å². The van der Waals surface area contributed by atoms with Crippen molar-refractivity contribution in [3.63, 3.8) is 0 Å². The first kappa shape index (κ1) is 15.2. The molecule has 1 N–H and O–H groups in total. The molecule has 1 atom stereocenters. The van der Waals surface area contributed by atoms with Crippen LogP contribution in [0.3, 0.4) is 0 Å². The Balaban J connectivity index is 2.24. The lowest BCUT2D eigenvalue weighted by atomic mass is 10.1. The van der Waals surface area contributed by atoms with E-state index in [2.05, 4.69) is 20.7 Å². The highest BCUT2D eigenvalue weighted by Crippen LogP contribution is 2.22. The van der Waals surface area contributed by atoms with E-state index in [1.807, 2.05) is 31.2 Å². The van der Waals surface area contributed by atoms with Gasteiger partial charge in [0.25, 0.3) is 0 Å². The van der Waals surface area contributed by atoms with E-state index < -0.39 is 10.0 Å². The van der Waals surface area contributed by atoms with Gasteiger partial charge in [0.15, 0.2) is 0 Å². The van der Waals surface area contributed by atoms with Gasteiger partial charge in [-0.1, -0.05) is 53.2 Å². The lowest BCUT2D eigenvalue weighted by Crippen LogP contribution is -2.28. The minimum absolute atomic E-state index is 0.228. The van der Waals surface area contributed by atoms with Crippen molar-refractivity contribution in [3.05, 3.63) is 64.6 Å². The molecule has 0 fully saturated rings. The van der Waals surface area contributed by atoms with Gasteiger partial charge in [0.1, 0.15) is 0 Å². The molecule has 0 amide bonds. The standard InChI is InChI=1S/C15H16BrNO2S/c1-2-15(12-8-10-13(16)11-9-12)17-20(18,19)14-6-4-3-5-7-14/h3-11,15,17H,2H2,1H3. The quantitative estimate of drug-likeness (QED) is 0.886. The molecule has 0 saturated heterocycles. The van der Waals surface area contributed by atoms with Gasteiger partial charge in [-0.2, -0.15) is 0 Å². The van der Waals surface area contributed by atoms with Gasteiger partial charge in [-0.05, 0) is 36.2 Å². The fourth-order valence-corrected chi connectivity index (χ4v) is 3.53. The van der Waals surface area contributed by atoms with E-state index in [0.717, 1.165) is 10.0 Å². The van der Waals surface area contributed by atoms with Crippen LogP contribution >= 0.6 is 15.9 Å². The van der Waals surface area contributed by atoms with Gasteiger partial charge in [-0.3, -0.25) is 0 Å². The molecule has 0 saturated carbocycles. The summed E-state index contributed by atoms with van der Waals surface area (Å²) in [5.74, 6) is 0. The zero-order valence-corrected chi connectivity index (χ0v) is 13.5. The zero-order chi connectivity index (χ0) is 14.6. The van der Waals surface area contributed by atoms with Crippen LogP contribution in [0, 0.1) is 0 Å². The molecule has 0 aliphatic carbocycles. The third-order valence-corrected chi connectivity index (χ3v) is 5.05. The van der Waals surface area contributed by atoms with Crippen molar-refractivity contribution in [2.45, 2.75) is 24.3 Å². The second-order valence-corrected chi connectivity index (χ2v) is 7.08. The Kier molecular flexibility index (Phi) is 4.96. The van der Waals surface area contributed by atoms with Crippen LogP contribution in [0.15, 0.2) is 64.0 Å². The molecule has 0 bridgehead atoms. The molecule has 3 nitrogen and oxygen atoms in total. The van der Waals surface area contributed by atoms with Gasteiger partial charge in [0, 0.05) is 10.5 Å². The van der Waals surface area contributed by atoms with E-state index in [4.69, 9.17) is 0 Å². The van der Waals surface area contributed by atoms with Crippen LogP contribution in [0.4, 0.5) is 0 Å². The summed E-state index contributed by atoms with van der Waals surface area (Å²) < 4.78 is 28.4. The van der Waals surface area contributed by atoms with Gasteiger partial charge >= 0.3 is 0 Å². The first-order chi connectivity index (χ1) is 9.53. The fourth-order valence-electron chi connectivity index (χ4n) is 1.94. The molecule has 106 valence electrons. The summed E-state index contributed by atoms with van der Waals surface area (Å²) in [4.78, 5) is 0.288. The summed E-state index contributed by atoms with van der Waals surface area (Å²) >= 11 is 3.38. The molecule has 0 heterocycles. The van der Waals surface area contributed by atoms with Crippen molar-refractivity contribution < 1.29 is 8.42 Å². The Morgan fingerprint density at radius 3 is 2.20 bits per heavy atom. The van der Waals surface area contributed by atoms with Crippen LogP contribution in [0.2, 0.25) is 0 Å². The normalized spacial score (nSPS) is 13.1. The summed E-state index contributed by atoms with van der Waals surface area (Å²) in [6, 6.07) is 15.9. The second-order valence-electron chi connectivity index (χ2n) is 4.45. The zero-order valence-electron chi connectivity index (χ0n) is 11.1. The van der Waals surface area contributed by atoms with Crippen LogP contribution in [0.5, 0.6) is 0 Å². The molecule has 2 rings (SSSR count). The Morgan fingerprint density at radius 2 is 1.65 bits per heavy atom. The fraction of sp³-hybridized carbons (Fsp3) is 0.200. The predicted octanol–water partition coefficient (Wildman–Crippen LogP) is 3.88. The molecular weight excluding hydrogens is 338 g/mol. The maximum Gasteiger partial charge on any atom is 0.241 e. The van der Waals surface area contributed by atoms with Crippen molar-refractivity contribution in [1.82, 2.24) is 4.72 Å². The number of hydrogen-bond acceptors (Lipinski definition) is 2. The number of hydrogen-bond donors (Lipinski definition) is 1. The van der Waals surface area contributed by atoms with E-state index in [9.17, 15) is 8.42 Å². The lowest BCUT2D eigenvalue weighted by molar-refractivity contribution is 0.550. The van der Waals surface area contributed by atoms with Crippen LogP contribution in [-0.2, 0) is 10.0 Å². The van der Waals surface area contributed by atoms with E-state index >= 15 is 0 Å². The minimum atomic E-state index is -3.49. The summed E-state index contributed by atoms with van der Waals surface area (Å²) in [6.07, 6.45) is 0.688. The molecule has 2 aromatic rings. The Hall–Kier alpha value is -1.17. The van der Waals surface area contributed by atoms with E-state index in [0.29, 0.717) is 6.42 Å². The van der Waals surface area contributed by atoms with Crippen LogP contribution < -0.4 is 4.72 Å². The average molecular weight is 354 g/mol. The minimum Gasteiger partial charge on any atom is -0.207 e. The molecule has 0 aliphatic rings. The molecular formula is C15H16BrNO2S. The molecule has 2 aromatic carbocycles. The van der Waals surface area contributed by atoms with Crippen molar-refractivity contribution >= 4 is 26.0 Å². The Labute approximate surface area is 128 Å². The average Bonchev–Trinajstić information content (AvgIpc) is 2.47. The first-order valence-corrected chi connectivity index (χ1v) is 8.63. The van der Waals surface area contributed by atoms with Crippen molar-refractivity contribution in [2.75, 3.05) is 0 Å². The highest BCUT2D eigenvalue weighted by atomic mass is 79.9. The van der Waals surface area contributed by atoms with Gasteiger partial charge in [0.05, 0.1) is 4.90 Å². The highest BCUT2D eigenvalue weighted by molar-refractivity contribution is 9.10. The Morgan fingerprint density at radius 1 is 1.05 bits per heavy atom. The third-order valence-electron chi connectivity index (χ3n) is 3.03. The summed E-state index contributed by atoms with van der Waals surface area (Å²) in [5, 5.41) is 0. The molecule has 0 aliphatic heterocycles. The lowest BCUT2D eigenvalue weighted by Gasteiger charge is -2.17. The van der Waals surface area contributed by atoms with Crippen molar-refractivity contribution in [1.29, 1.82) is 0 Å². The third kappa shape index (κ3) is 3.69. The molecule has 5 heteroatoms. The monoisotopic (exact) mass is 353 g/mol. The maximum atomic E-state index is 12.3. The number of sulfonamides is 1. The summed E-state index contributed by atoms with van der Waals surface area (Å²) in [5.41, 5.74) is 0.954. The smallest absolute Gasteiger partial charge is 0.207 e. The van der Waals surface area contributed by atoms with Crippen LogP contribution in [0.1, 0.15) is 24.9 Å². The summed E-state index contributed by atoms with van der Waals surface area (Å²) in [6.45, 7) is 1.96. The van der Waals surface area contributed by atoms with Gasteiger partial charge in [-0.25, -0.2) is 13.1 Å². The van der Waals surface area contributed by atoms with Gasteiger partial charge < -0.3 is 0 Å². The number of rotatable bonds is 5. The number of halogens is 1. The van der Waals surface area contributed by atoms with Crippen LogP contribution in [-0.4, -0.2) is 8.42 Å². The molecule has 1 unspecified atom stereocenters. The summed E-state index contributed by atoms with van der Waals surface area (Å²) in [7, 11) is -3.49. The van der Waals surface area contributed by atoms with Crippen molar-refractivity contribution in [2.24, 2.45) is 0 Å². The number of benzene rings is 2. The first-order valence-electron chi connectivity index (χ1n) is 6.36. The van der Waals surface area contributed by atoms with Gasteiger partial charge in [0.2, 0.25) is 10.0 Å². The number of nitrogens with one attached hydrogen (secondary N) is 1.